The Hall–Kier alpha value is -2.24. The number of fused-ring (bicyclic) bond motifs is 1. The Morgan fingerprint density at radius 2 is 2.20 bits per heavy atom. The van der Waals surface area contributed by atoms with Crippen LogP contribution in [0.15, 0.2) is 42.1 Å². The van der Waals surface area contributed by atoms with E-state index in [1.807, 2.05) is 12.1 Å². The molecule has 1 amide bonds. The average molecular weight is 467 g/mol. The van der Waals surface area contributed by atoms with Gasteiger partial charge in [0.1, 0.15) is 0 Å². The van der Waals surface area contributed by atoms with Crippen molar-refractivity contribution in [1.82, 2.24) is 19.2 Å². The lowest BCUT2D eigenvalue weighted by Gasteiger charge is -2.38. The molecule has 0 bridgehead atoms. The largest absolute Gasteiger partial charge is 0.395 e. The van der Waals surface area contributed by atoms with E-state index in [0.717, 1.165) is 26.3 Å². The maximum Gasteiger partial charge on any atom is 0.238 e. The molecule has 1 saturated heterocycles. The summed E-state index contributed by atoms with van der Waals surface area (Å²) in [6, 6.07) is 6.41. The van der Waals surface area contributed by atoms with E-state index in [1.54, 1.807) is 29.4 Å². The van der Waals surface area contributed by atoms with Crippen molar-refractivity contribution in [3.63, 3.8) is 0 Å². The number of H-pyrrole nitrogens is 1. The summed E-state index contributed by atoms with van der Waals surface area (Å²) < 4.78 is 27.2. The normalized spacial score (nSPS) is 18.7. The van der Waals surface area contributed by atoms with Crippen LogP contribution in [-0.2, 0) is 21.4 Å². The number of hydrogen-bond acceptors (Lipinski definition) is 6. The summed E-state index contributed by atoms with van der Waals surface area (Å²) in [5.74, 6) is -0.326. The second kappa shape index (κ2) is 8.48. The van der Waals surface area contributed by atoms with Gasteiger partial charge >= 0.3 is 0 Å². The summed E-state index contributed by atoms with van der Waals surface area (Å²) in [6.45, 7) is -0.328. The highest BCUT2D eigenvalue weighted by Crippen LogP contribution is 2.24. The minimum Gasteiger partial charge on any atom is -0.395 e. The molecule has 3 aromatic heterocycles. The fraction of sp³-hybridized carbons (Fsp3) is 0.263. The third-order valence-corrected chi connectivity index (χ3v) is 7.61. The van der Waals surface area contributed by atoms with Crippen LogP contribution in [0.5, 0.6) is 0 Å². The first-order chi connectivity index (χ1) is 14.4. The van der Waals surface area contributed by atoms with Crippen molar-refractivity contribution in [2.75, 3.05) is 19.7 Å². The number of aromatic amines is 1. The summed E-state index contributed by atoms with van der Waals surface area (Å²) >= 11 is 7.12. The fourth-order valence-electron chi connectivity index (χ4n) is 3.38. The molecule has 11 heteroatoms. The SMILES string of the molecule is O=C1CN(S(=O)(=O)C=Cc2ccc(Cl)s2)C(CO)CN1Cc1cc2cnccc2[nH]1. The van der Waals surface area contributed by atoms with E-state index in [9.17, 15) is 18.3 Å². The number of piperazine rings is 1. The molecule has 0 saturated carbocycles. The van der Waals surface area contributed by atoms with Gasteiger partial charge in [-0.15, -0.1) is 11.3 Å². The molecule has 1 aliphatic rings. The zero-order valence-corrected chi connectivity index (χ0v) is 18.1. The number of aliphatic hydroxyl groups is 1. The maximum absolute atomic E-state index is 12.8. The minimum atomic E-state index is -3.89. The number of nitrogens with zero attached hydrogens (tertiary/aromatic N) is 3. The van der Waals surface area contributed by atoms with Gasteiger partial charge in [0.2, 0.25) is 15.9 Å². The Morgan fingerprint density at radius 1 is 1.37 bits per heavy atom. The highest BCUT2D eigenvalue weighted by molar-refractivity contribution is 7.92. The molecule has 0 radical (unpaired) electrons. The number of nitrogens with one attached hydrogen (secondary N) is 1. The van der Waals surface area contributed by atoms with Crippen molar-refractivity contribution in [1.29, 1.82) is 0 Å². The number of aromatic nitrogens is 2. The number of amides is 1. The number of rotatable bonds is 6. The molecular weight excluding hydrogens is 448 g/mol. The molecule has 2 N–H and O–H groups in total. The Morgan fingerprint density at radius 3 is 2.90 bits per heavy atom. The number of thiophene rings is 1. The number of hydrogen-bond donors (Lipinski definition) is 2. The number of pyridine rings is 1. The van der Waals surface area contributed by atoms with Crippen molar-refractivity contribution < 1.29 is 18.3 Å². The van der Waals surface area contributed by atoms with E-state index in [0.29, 0.717) is 15.8 Å². The van der Waals surface area contributed by atoms with Crippen LogP contribution in [0.3, 0.4) is 0 Å². The van der Waals surface area contributed by atoms with Crippen LogP contribution in [-0.4, -0.2) is 64.3 Å². The van der Waals surface area contributed by atoms with Gasteiger partial charge in [-0.25, -0.2) is 8.42 Å². The first-order valence-corrected chi connectivity index (χ1v) is 11.8. The maximum atomic E-state index is 12.8. The van der Waals surface area contributed by atoms with Gasteiger partial charge in [-0.2, -0.15) is 4.31 Å². The van der Waals surface area contributed by atoms with Crippen LogP contribution in [0, 0.1) is 0 Å². The van der Waals surface area contributed by atoms with E-state index in [1.165, 1.54) is 17.4 Å². The Bertz CT molecular complexity index is 1170. The van der Waals surface area contributed by atoms with Gasteiger partial charge in [0.15, 0.2) is 0 Å². The van der Waals surface area contributed by atoms with Crippen LogP contribution >= 0.6 is 22.9 Å². The lowest BCUT2D eigenvalue weighted by Crippen LogP contribution is -2.58. The van der Waals surface area contributed by atoms with Crippen LogP contribution in [0.25, 0.3) is 17.0 Å². The molecule has 4 rings (SSSR count). The second-order valence-electron chi connectivity index (χ2n) is 6.90. The van der Waals surface area contributed by atoms with E-state index < -0.39 is 22.7 Å². The first-order valence-electron chi connectivity index (χ1n) is 9.11. The van der Waals surface area contributed by atoms with Gasteiger partial charge in [0.25, 0.3) is 0 Å². The molecule has 3 aromatic rings. The standard InChI is InChI=1S/C19H19ClN4O4S2/c20-18-2-1-16(29-18)4-6-30(27,28)24-11-19(26)23(10-15(24)12-25)9-14-7-13-8-21-5-3-17(13)22-14/h1-8,15,22,25H,9-12H2. The lowest BCUT2D eigenvalue weighted by atomic mass is 10.2. The molecule has 0 aliphatic carbocycles. The van der Waals surface area contributed by atoms with Crippen LogP contribution in [0.2, 0.25) is 4.34 Å². The van der Waals surface area contributed by atoms with Crippen LogP contribution in [0.4, 0.5) is 0 Å². The van der Waals surface area contributed by atoms with E-state index in [4.69, 9.17) is 11.6 Å². The molecule has 4 heterocycles. The highest BCUT2D eigenvalue weighted by atomic mass is 35.5. The Kier molecular flexibility index (Phi) is 5.94. The zero-order chi connectivity index (χ0) is 21.3. The molecule has 158 valence electrons. The fourth-order valence-corrected chi connectivity index (χ4v) is 5.75. The Balaban J connectivity index is 1.50. The van der Waals surface area contributed by atoms with Crippen molar-refractivity contribution in [2.45, 2.75) is 12.6 Å². The molecule has 1 unspecified atom stereocenters. The molecule has 30 heavy (non-hydrogen) atoms. The van der Waals surface area contributed by atoms with Gasteiger partial charge in [-0.1, -0.05) is 11.6 Å². The highest BCUT2D eigenvalue weighted by Gasteiger charge is 2.37. The summed E-state index contributed by atoms with van der Waals surface area (Å²) in [5, 5.41) is 11.8. The van der Waals surface area contributed by atoms with Crippen LogP contribution in [0.1, 0.15) is 10.6 Å². The Labute approximate surface area is 182 Å². The monoisotopic (exact) mass is 466 g/mol. The summed E-state index contributed by atoms with van der Waals surface area (Å²) in [7, 11) is -3.89. The van der Waals surface area contributed by atoms with Gasteiger partial charge in [0, 0.05) is 45.8 Å². The smallest absolute Gasteiger partial charge is 0.238 e. The molecule has 1 aliphatic heterocycles. The summed E-state index contributed by atoms with van der Waals surface area (Å²) in [4.78, 5) is 22.2. The third-order valence-electron chi connectivity index (χ3n) is 4.86. The first kappa shape index (κ1) is 21.0. The summed E-state index contributed by atoms with van der Waals surface area (Å²) in [6.07, 6.45) is 4.85. The second-order valence-corrected chi connectivity index (χ2v) is 10.4. The van der Waals surface area contributed by atoms with E-state index in [2.05, 4.69) is 9.97 Å². The summed E-state index contributed by atoms with van der Waals surface area (Å²) in [5.41, 5.74) is 1.72. The van der Waals surface area contributed by atoms with Crippen LogP contribution < -0.4 is 0 Å². The van der Waals surface area contributed by atoms with Gasteiger partial charge in [-0.3, -0.25) is 9.78 Å². The predicted molar refractivity (Wildman–Crippen MR) is 116 cm³/mol. The van der Waals surface area contributed by atoms with Gasteiger partial charge in [-0.05, 0) is 30.3 Å². The van der Waals surface area contributed by atoms with Crippen molar-refractivity contribution in [2.24, 2.45) is 0 Å². The van der Waals surface area contributed by atoms with Crippen molar-refractivity contribution in [3.8, 4) is 0 Å². The average Bonchev–Trinajstić information content (AvgIpc) is 3.33. The third kappa shape index (κ3) is 4.42. The predicted octanol–water partition coefficient (Wildman–Crippen LogP) is 2.28. The quantitative estimate of drug-likeness (QED) is 0.579. The minimum absolute atomic E-state index is 0.0981. The topological polar surface area (TPSA) is 107 Å². The number of sulfonamides is 1. The van der Waals surface area contributed by atoms with Gasteiger partial charge in [0.05, 0.1) is 30.1 Å². The van der Waals surface area contributed by atoms with Crippen molar-refractivity contribution >= 4 is 55.8 Å². The zero-order valence-electron chi connectivity index (χ0n) is 15.7. The van der Waals surface area contributed by atoms with E-state index in [-0.39, 0.29) is 19.0 Å². The molecule has 8 nitrogen and oxygen atoms in total. The lowest BCUT2D eigenvalue weighted by molar-refractivity contribution is -0.137. The van der Waals surface area contributed by atoms with E-state index >= 15 is 0 Å². The number of aliphatic hydroxyl groups excluding tert-OH is 1. The molecule has 1 atom stereocenters. The molecular formula is C19H19ClN4O4S2. The number of carbonyl (C=O) groups excluding carboxylic acids is 1. The number of halogens is 1. The number of carbonyl (C=O) groups is 1. The van der Waals surface area contributed by atoms with Crippen molar-refractivity contribution in [3.05, 3.63) is 57.0 Å². The molecule has 0 spiro atoms. The molecule has 0 aromatic carbocycles. The molecule has 1 fully saturated rings. The van der Waals surface area contributed by atoms with Gasteiger partial charge < -0.3 is 15.0 Å².